The van der Waals surface area contributed by atoms with E-state index in [4.69, 9.17) is 4.74 Å². The van der Waals surface area contributed by atoms with Crippen molar-refractivity contribution in [3.8, 4) is 0 Å². The van der Waals surface area contributed by atoms with Crippen LogP contribution in [-0.4, -0.2) is 40.8 Å². The van der Waals surface area contributed by atoms with Gasteiger partial charge in [0.05, 0.1) is 26.3 Å². The molecule has 1 aliphatic heterocycles. The van der Waals surface area contributed by atoms with Gasteiger partial charge in [0.1, 0.15) is 0 Å². The van der Waals surface area contributed by atoms with Crippen LogP contribution in [0.5, 0.6) is 0 Å². The Morgan fingerprint density at radius 2 is 2.32 bits per heavy atom. The van der Waals surface area contributed by atoms with Gasteiger partial charge in [-0.15, -0.1) is 0 Å². The number of carbonyl (C=O) groups excluding carboxylic acids is 1. The zero-order valence-corrected chi connectivity index (χ0v) is 10.7. The maximum absolute atomic E-state index is 11.7. The van der Waals surface area contributed by atoms with E-state index < -0.39 is 6.09 Å². The summed E-state index contributed by atoms with van der Waals surface area (Å²) < 4.78 is 4.77. The van der Waals surface area contributed by atoms with Gasteiger partial charge < -0.3 is 14.8 Å². The summed E-state index contributed by atoms with van der Waals surface area (Å²) >= 11 is 0. The smallest absolute Gasteiger partial charge is 0.410 e. The quantitative estimate of drug-likeness (QED) is 0.819. The molecule has 1 aromatic heterocycles. The van der Waals surface area contributed by atoms with Gasteiger partial charge in [0.15, 0.2) is 0 Å². The molecule has 1 unspecified atom stereocenters. The number of aliphatic hydroxyl groups is 1. The molecule has 100 valence electrons. The SMILES string of the molecule is COC(=O)N1Cc2[nH]c3ccccc3c2CC1CO. The standard InChI is InChI=1S/C14H16N2O3/c1-19-14(18)16-7-13-11(6-9(16)8-17)10-4-2-3-5-12(10)15-13/h2-5,9,15,17H,6-8H2,1H3. The molecule has 2 heterocycles. The van der Waals surface area contributed by atoms with Gasteiger partial charge in [0.2, 0.25) is 0 Å². The molecular formula is C14H16N2O3. The van der Waals surface area contributed by atoms with Crippen molar-refractivity contribution in [1.29, 1.82) is 0 Å². The van der Waals surface area contributed by atoms with Gasteiger partial charge in [-0.2, -0.15) is 0 Å². The van der Waals surface area contributed by atoms with Crippen molar-refractivity contribution in [2.75, 3.05) is 13.7 Å². The predicted molar refractivity (Wildman–Crippen MR) is 70.8 cm³/mol. The molecule has 0 saturated heterocycles. The average molecular weight is 260 g/mol. The Balaban J connectivity index is 2.05. The highest BCUT2D eigenvalue weighted by Gasteiger charge is 2.31. The van der Waals surface area contributed by atoms with Crippen LogP contribution in [0.15, 0.2) is 24.3 Å². The molecule has 0 saturated carbocycles. The molecule has 0 aliphatic carbocycles. The zero-order chi connectivity index (χ0) is 13.4. The van der Waals surface area contributed by atoms with Crippen LogP contribution in [0.1, 0.15) is 11.3 Å². The molecule has 1 aliphatic rings. The second kappa shape index (κ2) is 4.59. The summed E-state index contributed by atoms with van der Waals surface area (Å²) in [5.41, 5.74) is 3.28. The summed E-state index contributed by atoms with van der Waals surface area (Å²) in [6.45, 7) is 0.385. The van der Waals surface area contributed by atoms with Crippen LogP contribution in [0.2, 0.25) is 0 Å². The lowest BCUT2D eigenvalue weighted by molar-refractivity contribution is 0.0736. The molecule has 0 fully saturated rings. The van der Waals surface area contributed by atoms with E-state index in [1.165, 1.54) is 18.1 Å². The Morgan fingerprint density at radius 1 is 1.53 bits per heavy atom. The lowest BCUT2D eigenvalue weighted by Gasteiger charge is -2.33. The minimum atomic E-state index is -0.400. The Bertz CT molecular complexity index is 620. The largest absolute Gasteiger partial charge is 0.453 e. The fourth-order valence-corrected chi connectivity index (χ4v) is 2.76. The maximum atomic E-state index is 11.7. The van der Waals surface area contributed by atoms with Gasteiger partial charge in [0, 0.05) is 16.6 Å². The van der Waals surface area contributed by atoms with Crippen LogP contribution >= 0.6 is 0 Å². The van der Waals surface area contributed by atoms with Crippen molar-refractivity contribution in [2.24, 2.45) is 0 Å². The summed E-state index contributed by atoms with van der Waals surface area (Å²) in [5, 5.41) is 10.6. The van der Waals surface area contributed by atoms with Crippen LogP contribution in [0, 0.1) is 0 Å². The van der Waals surface area contributed by atoms with Gasteiger partial charge in [0.25, 0.3) is 0 Å². The maximum Gasteiger partial charge on any atom is 0.410 e. The number of ether oxygens (including phenoxy) is 1. The average Bonchev–Trinajstić information content (AvgIpc) is 2.82. The van der Waals surface area contributed by atoms with Gasteiger partial charge >= 0.3 is 6.09 Å². The van der Waals surface area contributed by atoms with E-state index in [2.05, 4.69) is 11.1 Å². The van der Waals surface area contributed by atoms with E-state index in [9.17, 15) is 9.90 Å². The van der Waals surface area contributed by atoms with Gasteiger partial charge in [-0.1, -0.05) is 18.2 Å². The topological polar surface area (TPSA) is 65.6 Å². The molecule has 3 rings (SSSR count). The fraction of sp³-hybridized carbons (Fsp3) is 0.357. The number of rotatable bonds is 1. The number of aliphatic hydroxyl groups excluding tert-OH is 1. The molecule has 0 bridgehead atoms. The third-order valence-corrected chi connectivity index (χ3v) is 3.73. The van der Waals surface area contributed by atoms with Gasteiger partial charge in [-0.05, 0) is 18.1 Å². The molecule has 1 aromatic carbocycles. The minimum absolute atomic E-state index is 0.0615. The number of fused-ring (bicyclic) bond motifs is 3. The van der Waals surface area contributed by atoms with Gasteiger partial charge in [-0.3, -0.25) is 4.90 Å². The van der Waals surface area contributed by atoms with Crippen molar-refractivity contribution in [1.82, 2.24) is 9.88 Å². The number of H-pyrrole nitrogens is 1. The molecule has 5 nitrogen and oxygen atoms in total. The number of nitrogens with zero attached hydrogens (tertiary/aromatic N) is 1. The lowest BCUT2D eigenvalue weighted by atomic mass is 9.97. The number of hydrogen-bond acceptors (Lipinski definition) is 3. The van der Waals surface area contributed by atoms with Gasteiger partial charge in [-0.25, -0.2) is 4.79 Å². The monoisotopic (exact) mass is 260 g/mol. The molecule has 1 atom stereocenters. The Morgan fingerprint density at radius 3 is 3.05 bits per heavy atom. The van der Waals surface area contributed by atoms with Crippen molar-refractivity contribution in [3.63, 3.8) is 0 Å². The summed E-state index contributed by atoms with van der Waals surface area (Å²) in [6.07, 6.45) is 0.244. The molecule has 2 aromatic rings. The number of hydrogen-bond donors (Lipinski definition) is 2. The van der Waals surface area contributed by atoms with Crippen LogP contribution in [-0.2, 0) is 17.7 Å². The van der Waals surface area contributed by atoms with E-state index in [-0.39, 0.29) is 12.6 Å². The summed E-state index contributed by atoms with van der Waals surface area (Å²) in [7, 11) is 1.36. The number of amides is 1. The molecule has 0 spiro atoms. The Kier molecular flexibility index (Phi) is 2.91. The van der Waals surface area contributed by atoms with Crippen molar-refractivity contribution in [3.05, 3.63) is 35.5 Å². The van der Waals surface area contributed by atoms with E-state index in [1.54, 1.807) is 4.90 Å². The number of methoxy groups -OCH3 is 1. The fourth-order valence-electron chi connectivity index (χ4n) is 2.76. The molecule has 19 heavy (non-hydrogen) atoms. The second-order valence-electron chi connectivity index (χ2n) is 4.77. The first-order valence-electron chi connectivity index (χ1n) is 6.28. The number of aromatic amines is 1. The highest BCUT2D eigenvalue weighted by atomic mass is 16.5. The number of nitrogens with one attached hydrogen (secondary N) is 1. The highest BCUT2D eigenvalue weighted by molar-refractivity contribution is 5.85. The van der Waals surface area contributed by atoms with E-state index in [0.29, 0.717) is 13.0 Å². The number of carbonyl (C=O) groups is 1. The van der Waals surface area contributed by atoms with Crippen LogP contribution in [0.4, 0.5) is 4.79 Å². The first kappa shape index (κ1) is 12.0. The number of para-hydroxylation sites is 1. The third-order valence-electron chi connectivity index (χ3n) is 3.73. The molecule has 0 radical (unpaired) electrons. The first-order chi connectivity index (χ1) is 9.24. The summed E-state index contributed by atoms with van der Waals surface area (Å²) in [6, 6.07) is 7.83. The van der Waals surface area contributed by atoms with E-state index in [0.717, 1.165) is 11.2 Å². The minimum Gasteiger partial charge on any atom is -0.453 e. The number of benzene rings is 1. The van der Waals surface area contributed by atoms with Crippen LogP contribution in [0.3, 0.4) is 0 Å². The molecule has 5 heteroatoms. The van der Waals surface area contributed by atoms with E-state index in [1.807, 2.05) is 18.2 Å². The second-order valence-corrected chi connectivity index (χ2v) is 4.77. The molecule has 1 amide bonds. The first-order valence-corrected chi connectivity index (χ1v) is 6.28. The van der Waals surface area contributed by atoms with Crippen molar-refractivity contribution < 1.29 is 14.6 Å². The normalized spacial score (nSPS) is 18.4. The predicted octanol–water partition coefficient (Wildman–Crippen LogP) is 1.65. The summed E-state index contributed by atoms with van der Waals surface area (Å²) in [5.74, 6) is 0. The van der Waals surface area contributed by atoms with Crippen molar-refractivity contribution >= 4 is 17.0 Å². The lowest BCUT2D eigenvalue weighted by Crippen LogP contribution is -2.46. The summed E-state index contributed by atoms with van der Waals surface area (Å²) in [4.78, 5) is 16.6. The van der Waals surface area contributed by atoms with Crippen LogP contribution < -0.4 is 0 Å². The van der Waals surface area contributed by atoms with Crippen LogP contribution in [0.25, 0.3) is 10.9 Å². The number of aromatic nitrogens is 1. The third kappa shape index (κ3) is 1.86. The Labute approximate surface area is 110 Å². The highest BCUT2D eigenvalue weighted by Crippen LogP contribution is 2.30. The molecule has 2 N–H and O–H groups in total. The zero-order valence-electron chi connectivity index (χ0n) is 10.7. The van der Waals surface area contributed by atoms with E-state index >= 15 is 0 Å². The molecular weight excluding hydrogens is 244 g/mol. The Hall–Kier alpha value is -2.01. The van der Waals surface area contributed by atoms with Crippen molar-refractivity contribution in [2.45, 2.75) is 19.0 Å².